The van der Waals surface area contributed by atoms with Crippen LogP contribution in [0.1, 0.15) is 0 Å². The van der Waals surface area contributed by atoms with Gasteiger partial charge in [0.1, 0.15) is 0 Å². The molecular formula is C53H37N5. The Labute approximate surface area is 337 Å². The highest BCUT2D eigenvalue weighted by Crippen LogP contribution is 2.46. The van der Waals surface area contributed by atoms with E-state index in [1.807, 2.05) is 61.4 Å². The molecule has 0 fully saturated rings. The Hall–Kier alpha value is -7.89. The molecule has 0 N–H and O–H groups in total. The first-order chi connectivity index (χ1) is 28.8. The lowest BCUT2D eigenvalue weighted by atomic mass is 9.85. The zero-order chi connectivity index (χ0) is 38.7. The number of aromatic nitrogens is 3. The molecule has 0 unspecified atom stereocenters. The summed E-state index contributed by atoms with van der Waals surface area (Å²) in [5, 5.41) is 4.78. The highest BCUT2D eigenvalue weighted by atomic mass is 15.2. The predicted molar refractivity (Wildman–Crippen MR) is 241 cm³/mol. The number of fused-ring (bicyclic) bond motifs is 2. The molecule has 10 aromatic rings. The molecule has 0 aliphatic heterocycles. The minimum absolute atomic E-state index is 1.00. The van der Waals surface area contributed by atoms with Gasteiger partial charge in [-0.05, 0) is 146 Å². The van der Waals surface area contributed by atoms with E-state index in [-0.39, 0.29) is 0 Å². The summed E-state index contributed by atoms with van der Waals surface area (Å²) in [5.74, 6) is 0. The number of hydrogen-bond donors (Lipinski definition) is 0. The number of pyridine rings is 3. The summed E-state index contributed by atoms with van der Waals surface area (Å²) in [6.07, 6.45) is 11.2. The fourth-order valence-electron chi connectivity index (χ4n) is 8.10. The molecule has 0 atom stereocenters. The molecule has 5 heteroatoms. The summed E-state index contributed by atoms with van der Waals surface area (Å²) in [7, 11) is 0. The zero-order valence-corrected chi connectivity index (χ0v) is 31.6. The highest BCUT2D eigenvalue weighted by molar-refractivity contribution is 6.22. The molecule has 0 aliphatic rings. The molecule has 7 aromatic carbocycles. The van der Waals surface area contributed by atoms with Gasteiger partial charge in [0, 0.05) is 47.5 Å². The van der Waals surface area contributed by atoms with Crippen molar-refractivity contribution >= 4 is 55.7 Å². The Bertz CT molecular complexity index is 2880. The van der Waals surface area contributed by atoms with E-state index in [1.54, 1.807) is 0 Å². The molecule has 0 bridgehead atoms. The standard InChI is InChI=1S/C53H37N5/c1-3-11-42(12-4-1)57(46-15-9-31-55-36-46)44-24-19-39(20-25-44)52-48-17-7-8-18-49(48)53(51-35-41(23-28-50(51)52)38-29-33-54-34-30-38)40-21-26-45(27-22-40)58(43-13-5-2-6-14-43)47-16-10-32-56-37-47/h1-37H. The van der Waals surface area contributed by atoms with Crippen LogP contribution in [0.5, 0.6) is 0 Å². The van der Waals surface area contributed by atoms with E-state index in [1.165, 1.54) is 32.7 Å². The highest BCUT2D eigenvalue weighted by Gasteiger charge is 2.20. The van der Waals surface area contributed by atoms with Crippen LogP contribution in [0.4, 0.5) is 34.1 Å². The van der Waals surface area contributed by atoms with E-state index in [4.69, 9.17) is 0 Å². The second-order valence-corrected chi connectivity index (χ2v) is 14.1. The van der Waals surface area contributed by atoms with Crippen LogP contribution in [-0.4, -0.2) is 15.0 Å². The number of nitrogens with zero attached hydrogens (tertiary/aromatic N) is 5. The van der Waals surface area contributed by atoms with Crippen molar-refractivity contribution in [2.24, 2.45) is 0 Å². The summed E-state index contributed by atoms with van der Waals surface area (Å²) in [6, 6.07) is 66.8. The molecule has 58 heavy (non-hydrogen) atoms. The van der Waals surface area contributed by atoms with Crippen molar-refractivity contribution in [3.8, 4) is 33.4 Å². The summed E-state index contributed by atoms with van der Waals surface area (Å²) in [4.78, 5) is 17.7. The number of benzene rings is 7. The molecule has 0 saturated heterocycles. The Kier molecular flexibility index (Phi) is 9.14. The zero-order valence-electron chi connectivity index (χ0n) is 31.6. The third-order valence-electron chi connectivity index (χ3n) is 10.7. The second kappa shape index (κ2) is 15.3. The van der Waals surface area contributed by atoms with E-state index in [2.05, 4.69) is 189 Å². The van der Waals surface area contributed by atoms with Gasteiger partial charge in [-0.2, -0.15) is 0 Å². The third-order valence-corrected chi connectivity index (χ3v) is 10.7. The van der Waals surface area contributed by atoms with E-state index in [0.717, 1.165) is 56.4 Å². The van der Waals surface area contributed by atoms with Gasteiger partial charge in [-0.3, -0.25) is 15.0 Å². The molecule has 0 radical (unpaired) electrons. The lowest BCUT2D eigenvalue weighted by Crippen LogP contribution is -2.09. The van der Waals surface area contributed by atoms with Crippen LogP contribution < -0.4 is 9.80 Å². The maximum absolute atomic E-state index is 4.45. The molecule has 0 aliphatic carbocycles. The molecule has 10 rings (SSSR count). The van der Waals surface area contributed by atoms with Crippen LogP contribution in [-0.2, 0) is 0 Å². The van der Waals surface area contributed by atoms with Crippen molar-refractivity contribution in [3.05, 3.63) is 225 Å². The molecule has 5 nitrogen and oxygen atoms in total. The number of rotatable bonds is 9. The van der Waals surface area contributed by atoms with Crippen molar-refractivity contribution < 1.29 is 0 Å². The number of hydrogen-bond acceptors (Lipinski definition) is 5. The maximum Gasteiger partial charge on any atom is 0.0644 e. The molecule has 3 aromatic heterocycles. The summed E-state index contributed by atoms with van der Waals surface area (Å²) < 4.78 is 0. The van der Waals surface area contributed by atoms with Gasteiger partial charge < -0.3 is 9.80 Å². The maximum atomic E-state index is 4.45. The Morgan fingerprint density at radius 2 is 0.672 bits per heavy atom. The summed E-state index contributed by atoms with van der Waals surface area (Å²) in [5.41, 5.74) is 13.2. The summed E-state index contributed by atoms with van der Waals surface area (Å²) >= 11 is 0. The van der Waals surface area contributed by atoms with Crippen molar-refractivity contribution in [2.45, 2.75) is 0 Å². The molecular weight excluding hydrogens is 707 g/mol. The van der Waals surface area contributed by atoms with Crippen molar-refractivity contribution in [1.82, 2.24) is 15.0 Å². The summed E-state index contributed by atoms with van der Waals surface area (Å²) in [6.45, 7) is 0. The van der Waals surface area contributed by atoms with Crippen LogP contribution >= 0.6 is 0 Å². The van der Waals surface area contributed by atoms with Crippen molar-refractivity contribution in [1.29, 1.82) is 0 Å². The van der Waals surface area contributed by atoms with Gasteiger partial charge in [0.25, 0.3) is 0 Å². The number of anilines is 6. The topological polar surface area (TPSA) is 45.2 Å². The Morgan fingerprint density at radius 1 is 0.259 bits per heavy atom. The smallest absolute Gasteiger partial charge is 0.0644 e. The van der Waals surface area contributed by atoms with Gasteiger partial charge in [-0.15, -0.1) is 0 Å². The largest absolute Gasteiger partial charge is 0.309 e. The number of para-hydroxylation sites is 2. The molecule has 274 valence electrons. The average Bonchev–Trinajstić information content (AvgIpc) is 3.30. The van der Waals surface area contributed by atoms with Gasteiger partial charge in [0.2, 0.25) is 0 Å². The Balaban J connectivity index is 1.15. The second-order valence-electron chi connectivity index (χ2n) is 14.1. The van der Waals surface area contributed by atoms with Crippen molar-refractivity contribution in [3.63, 3.8) is 0 Å². The molecule has 0 spiro atoms. The Morgan fingerprint density at radius 3 is 1.16 bits per heavy atom. The van der Waals surface area contributed by atoms with Gasteiger partial charge >= 0.3 is 0 Å². The average molecular weight is 744 g/mol. The first-order valence-electron chi connectivity index (χ1n) is 19.4. The predicted octanol–water partition coefficient (Wildman–Crippen LogP) is 14.1. The van der Waals surface area contributed by atoms with Crippen LogP contribution in [0, 0.1) is 0 Å². The van der Waals surface area contributed by atoms with Gasteiger partial charge in [-0.1, -0.05) is 97.1 Å². The normalized spacial score (nSPS) is 11.1. The first-order valence-corrected chi connectivity index (χ1v) is 19.4. The minimum Gasteiger partial charge on any atom is -0.309 e. The lowest BCUT2D eigenvalue weighted by Gasteiger charge is -2.26. The molecule has 0 amide bonds. The fraction of sp³-hybridized carbons (Fsp3) is 0. The van der Waals surface area contributed by atoms with Crippen LogP contribution in [0.25, 0.3) is 54.9 Å². The van der Waals surface area contributed by atoms with Crippen LogP contribution in [0.15, 0.2) is 225 Å². The lowest BCUT2D eigenvalue weighted by molar-refractivity contribution is 1.23. The van der Waals surface area contributed by atoms with E-state index in [0.29, 0.717) is 0 Å². The third kappa shape index (κ3) is 6.51. The van der Waals surface area contributed by atoms with Gasteiger partial charge in [0.15, 0.2) is 0 Å². The monoisotopic (exact) mass is 743 g/mol. The van der Waals surface area contributed by atoms with Gasteiger partial charge in [-0.25, -0.2) is 0 Å². The minimum atomic E-state index is 1.00. The van der Waals surface area contributed by atoms with E-state index < -0.39 is 0 Å². The van der Waals surface area contributed by atoms with E-state index >= 15 is 0 Å². The molecule has 3 heterocycles. The first kappa shape index (κ1) is 34.6. The van der Waals surface area contributed by atoms with E-state index in [9.17, 15) is 0 Å². The quantitative estimate of drug-likeness (QED) is 0.138. The molecule has 0 saturated carbocycles. The fourth-order valence-corrected chi connectivity index (χ4v) is 8.10. The van der Waals surface area contributed by atoms with Crippen LogP contribution in [0.2, 0.25) is 0 Å². The van der Waals surface area contributed by atoms with Crippen molar-refractivity contribution in [2.75, 3.05) is 9.80 Å². The van der Waals surface area contributed by atoms with Gasteiger partial charge in [0.05, 0.1) is 23.8 Å². The van der Waals surface area contributed by atoms with Crippen LogP contribution in [0.3, 0.4) is 0 Å². The SMILES string of the molecule is c1ccc(N(c2ccc(-c3c4ccccc4c(-c4ccc(N(c5ccccc5)c5cccnc5)cc4)c4cc(-c5ccncc5)ccc34)cc2)c2cccnc2)cc1.